The molecule has 0 N–H and O–H groups in total. The van der Waals surface area contributed by atoms with Crippen LogP contribution >= 0.6 is 0 Å². The normalized spacial score (nSPS) is 18.1. The molecule has 0 radical (unpaired) electrons. The van der Waals surface area contributed by atoms with Crippen LogP contribution in [0.4, 0.5) is 0 Å². The maximum Gasteiger partial charge on any atom is 0.263 e. The molecule has 0 spiro atoms. The van der Waals surface area contributed by atoms with Gasteiger partial charge in [0, 0.05) is 45.5 Å². The standard InChI is InChI=1S/C19H24N4O6S/c1-14(29-15-4-5-16-17(10-15)28-13-27-16)19(24)22-6-3-7-23(9-8-22)30(25,26)18-11-21(2)12-20-18/h4-5,10-12,14H,3,6-9,13H2,1-2H3. The summed E-state index contributed by atoms with van der Waals surface area (Å²) in [5.74, 6) is 1.54. The van der Waals surface area contributed by atoms with Gasteiger partial charge in [-0.25, -0.2) is 13.4 Å². The summed E-state index contributed by atoms with van der Waals surface area (Å²) in [7, 11) is -1.96. The van der Waals surface area contributed by atoms with Crippen LogP contribution in [-0.4, -0.2) is 72.2 Å². The lowest BCUT2D eigenvalue weighted by molar-refractivity contribution is -0.137. The van der Waals surface area contributed by atoms with E-state index >= 15 is 0 Å². The van der Waals surface area contributed by atoms with Gasteiger partial charge in [0.2, 0.25) is 6.79 Å². The number of aromatic nitrogens is 2. The lowest BCUT2D eigenvalue weighted by Gasteiger charge is -2.25. The van der Waals surface area contributed by atoms with Gasteiger partial charge < -0.3 is 23.7 Å². The number of imidazole rings is 1. The number of hydrogen-bond donors (Lipinski definition) is 0. The fourth-order valence-corrected chi connectivity index (χ4v) is 4.91. The van der Waals surface area contributed by atoms with E-state index in [1.54, 1.807) is 41.6 Å². The molecular formula is C19H24N4O6S. The van der Waals surface area contributed by atoms with E-state index in [0.717, 1.165) is 0 Å². The molecule has 3 heterocycles. The summed E-state index contributed by atoms with van der Waals surface area (Å²) in [5.41, 5.74) is 0. The monoisotopic (exact) mass is 436 g/mol. The first-order chi connectivity index (χ1) is 14.3. The molecule has 162 valence electrons. The number of amides is 1. The summed E-state index contributed by atoms with van der Waals surface area (Å²) >= 11 is 0. The zero-order chi connectivity index (χ0) is 21.3. The van der Waals surface area contributed by atoms with E-state index in [1.807, 2.05) is 0 Å². The Morgan fingerprint density at radius 2 is 1.97 bits per heavy atom. The number of carbonyl (C=O) groups excluding carboxylic acids is 1. The van der Waals surface area contributed by atoms with Gasteiger partial charge in [-0.3, -0.25) is 4.79 Å². The number of hydrogen-bond acceptors (Lipinski definition) is 7. The molecule has 1 saturated heterocycles. The average Bonchev–Trinajstić information content (AvgIpc) is 3.29. The molecule has 1 unspecified atom stereocenters. The van der Waals surface area contributed by atoms with E-state index in [-0.39, 0.29) is 24.3 Å². The van der Waals surface area contributed by atoms with Gasteiger partial charge in [0.25, 0.3) is 15.9 Å². The van der Waals surface area contributed by atoms with Crippen LogP contribution in [0.15, 0.2) is 35.7 Å². The molecule has 10 nitrogen and oxygen atoms in total. The fraction of sp³-hybridized carbons (Fsp3) is 0.474. The molecule has 1 aromatic heterocycles. The number of benzene rings is 1. The summed E-state index contributed by atoms with van der Waals surface area (Å²) in [5, 5.41) is 0.0179. The van der Waals surface area contributed by atoms with Crippen LogP contribution in [-0.2, 0) is 21.9 Å². The van der Waals surface area contributed by atoms with Crippen LogP contribution in [0.5, 0.6) is 17.2 Å². The molecule has 1 amide bonds. The van der Waals surface area contributed by atoms with Gasteiger partial charge in [-0.2, -0.15) is 4.31 Å². The Kier molecular flexibility index (Phi) is 5.56. The molecule has 1 aromatic carbocycles. The van der Waals surface area contributed by atoms with Crippen molar-refractivity contribution in [1.82, 2.24) is 18.8 Å². The van der Waals surface area contributed by atoms with Crippen LogP contribution in [0, 0.1) is 0 Å². The summed E-state index contributed by atoms with van der Waals surface area (Å²) in [4.78, 5) is 18.5. The van der Waals surface area contributed by atoms with Crippen LogP contribution in [0.25, 0.3) is 0 Å². The first-order valence-electron chi connectivity index (χ1n) is 9.68. The van der Waals surface area contributed by atoms with Gasteiger partial charge in [0.15, 0.2) is 22.6 Å². The van der Waals surface area contributed by atoms with Crippen molar-refractivity contribution in [2.24, 2.45) is 7.05 Å². The molecule has 2 aromatic rings. The Labute approximate surface area is 175 Å². The van der Waals surface area contributed by atoms with Gasteiger partial charge in [0.05, 0.1) is 6.33 Å². The maximum absolute atomic E-state index is 12.9. The average molecular weight is 436 g/mol. The van der Waals surface area contributed by atoms with E-state index in [4.69, 9.17) is 14.2 Å². The number of aryl methyl sites for hydroxylation is 1. The molecule has 0 saturated carbocycles. The zero-order valence-corrected chi connectivity index (χ0v) is 17.7. The minimum atomic E-state index is -3.68. The number of rotatable bonds is 5. The maximum atomic E-state index is 12.9. The predicted molar refractivity (Wildman–Crippen MR) is 106 cm³/mol. The number of sulfonamides is 1. The predicted octanol–water partition coefficient (Wildman–Crippen LogP) is 0.839. The van der Waals surface area contributed by atoms with E-state index < -0.39 is 16.1 Å². The summed E-state index contributed by atoms with van der Waals surface area (Å²) in [6, 6.07) is 5.15. The lowest BCUT2D eigenvalue weighted by atomic mass is 10.2. The zero-order valence-electron chi connectivity index (χ0n) is 16.9. The van der Waals surface area contributed by atoms with Crippen molar-refractivity contribution in [1.29, 1.82) is 0 Å². The van der Waals surface area contributed by atoms with Crippen molar-refractivity contribution < 1.29 is 27.4 Å². The minimum absolute atomic E-state index is 0.0179. The third-order valence-electron chi connectivity index (χ3n) is 5.06. The molecule has 0 aliphatic carbocycles. The Hall–Kier alpha value is -2.79. The third-order valence-corrected chi connectivity index (χ3v) is 6.84. The number of carbonyl (C=O) groups is 1. The lowest BCUT2D eigenvalue weighted by Crippen LogP contribution is -2.43. The van der Waals surface area contributed by atoms with Crippen molar-refractivity contribution >= 4 is 15.9 Å². The number of fused-ring (bicyclic) bond motifs is 1. The van der Waals surface area contributed by atoms with E-state index in [0.29, 0.717) is 43.3 Å². The summed E-state index contributed by atoms with van der Waals surface area (Å²) in [6.45, 7) is 3.14. The first kappa shape index (κ1) is 20.5. The van der Waals surface area contributed by atoms with Crippen LogP contribution in [0.1, 0.15) is 13.3 Å². The molecule has 11 heteroatoms. The van der Waals surface area contributed by atoms with Crippen molar-refractivity contribution in [3.8, 4) is 17.2 Å². The van der Waals surface area contributed by atoms with Gasteiger partial charge in [-0.05, 0) is 25.5 Å². The van der Waals surface area contributed by atoms with Crippen molar-refractivity contribution in [2.45, 2.75) is 24.5 Å². The highest BCUT2D eigenvalue weighted by Gasteiger charge is 2.31. The molecule has 4 rings (SSSR count). The van der Waals surface area contributed by atoms with E-state index in [1.165, 1.54) is 16.8 Å². The highest BCUT2D eigenvalue weighted by molar-refractivity contribution is 7.89. The second-order valence-corrected chi connectivity index (χ2v) is 9.12. The fourth-order valence-electron chi connectivity index (χ4n) is 3.47. The molecule has 1 atom stereocenters. The molecule has 30 heavy (non-hydrogen) atoms. The van der Waals surface area contributed by atoms with Crippen molar-refractivity contribution in [2.75, 3.05) is 33.0 Å². The van der Waals surface area contributed by atoms with Crippen LogP contribution < -0.4 is 14.2 Å². The molecule has 0 bridgehead atoms. The van der Waals surface area contributed by atoms with E-state index in [9.17, 15) is 13.2 Å². The van der Waals surface area contributed by atoms with Crippen molar-refractivity contribution in [3.05, 3.63) is 30.7 Å². The SMILES string of the molecule is CC(Oc1ccc2c(c1)OCO2)C(=O)N1CCCN(S(=O)(=O)c2cn(C)cn2)CC1. The van der Waals surface area contributed by atoms with Gasteiger partial charge in [-0.1, -0.05) is 0 Å². The largest absolute Gasteiger partial charge is 0.481 e. The highest BCUT2D eigenvalue weighted by atomic mass is 32.2. The summed E-state index contributed by atoms with van der Waals surface area (Å²) < 4.78 is 45.0. The highest BCUT2D eigenvalue weighted by Crippen LogP contribution is 2.35. The van der Waals surface area contributed by atoms with Gasteiger partial charge >= 0.3 is 0 Å². The van der Waals surface area contributed by atoms with Crippen molar-refractivity contribution in [3.63, 3.8) is 0 Å². The topological polar surface area (TPSA) is 103 Å². The Morgan fingerprint density at radius 3 is 2.73 bits per heavy atom. The number of nitrogens with zero attached hydrogens (tertiary/aromatic N) is 4. The quantitative estimate of drug-likeness (QED) is 0.684. The molecule has 2 aliphatic heterocycles. The van der Waals surface area contributed by atoms with Gasteiger partial charge in [0.1, 0.15) is 5.75 Å². The molecular weight excluding hydrogens is 412 g/mol. The Morgan fingerprint density at radius 1 is 1.17 bits per heavy atom. The van der Waals surface area contributed by atoms with Gasteiger partial charge in [-0.15, -0.1) is 0 Å². The Bertz CT molecular complexity index is 1040. The third kappa shape index (κ3) is 4.08. The second kappa shape index (κ2) is 8.15. The summed E-state index contributed by atoms with van der Waals surface area (Å²) in [6.07, 6.45) is 2.75. The van der Waals surface area contributed by atoms with Crippen LogP contribution in [0.2, 0.25) is 0 Å². The number of ether oxygens (including phenoxy) is 3. The molecule has 2 aliphatic rings. The first-order valence-corrected chi connectivity index (χ1v) is 11.1. The second-order valence-electron chi connectivity index (χ2n) is 7.24. The smallest absolute Gasteiger partial charge is 0.263 e. The van der Waals surface area contributed by atoms with E-state index in [2.05, 4.69) is 4.98 Å². The molecule has 1 fully saturated rings. The Balaban J connectivity index is 1.38. The minimum Gasteiger partial charge on any atom is -0.481 e. The van der Waals surface area contributed by atoms with Crippen LogP contribution in [0.3, 0.4) is 0 Å².